The Morgan fingerprint density at radius 2 is 2.00 bits per heavy atom. The quantitative estimate of drug-likeness (QED) is 0.663. The number of aliphatic carboxylic acids is 1. The highest BCUT2D eigenvalue weighted by molar-refractivity contribution is 5.90. The molecule has 1 atom stereocenters. The van der Waals surface area contributed by atoms with Gasteiger partial charge >= 0.3 is 12.0 Å². The average Bonchev–Trinajstić information content (AvgIpc) is 2.45. The lowest BCUT2D eigenvalue weighted by molar-refractivity contribution is -0.146. The molecule has 0 aliphatic heterocycles. The summed E-state index contributed by atoms with van der Waals surface area (Å²) in [6, 6.07) is 5.28. The minimum atomic E-state index is -1.59. The number of aryl methyl sites for hydroxylation is 1. The van der Waals surface area contributed by atoms with E-state index in [1.165, 1.54) is 5.56 Å². The van der Waals surface area contributed by atoms with Crippen molar-refractivity contribution in [2.24, 2.45) is 0 Å². The molecule has 0 heterocycles. The van der Waals surface area contributed by atoms with Crippen LogP contribution in [0.4, 0.5) is 10.5 Å². The number of carbonyl (C=O) groups is 2. The third-order valence-electron chi connectivity index (χ3n) is 3.39. The van der Waals surface area contributed by atoms with Crippen molar-refractivity contribution in [2.75, 3.05) is 11.9 Å². The molecule has 0 aromatic heterocycles. The second-order valence-electron chi connectivity index (χ2n) is 4.84. The molecule has 0 saturated carbocycles. The number of benzene rings is 1. The number of carboxylic acid groups (broad SMARTS) is 1. The van der Waals surface area contributed by atoms with Crippen LogP contribution in [0.25, 0.3) is 0 Å². The monoisotopic (exact) mass is 278 g/mol. The van der Waals surface area contributed by atoms with Crippen LogP contribution in [0.3, 0.4) is 0 Å². The maximum Gasteiger partial charge on any atom is 0.334 e. The topological polar surface area (TPSA) is 98.7 Å². The first-order valence-electron chi connectivity index (χ1n) is 6.64. The summed E-state index contributed by atoms with van der Waals surface area (Å²) in [5, 5.41) is 22.7. The van der Waals surface area contributed by atoms with Crippen LogP contribution in [0, 0.1) is 0 Å². The third-order valence-corrected chi connectivity index (χ3v) is 3.39. The first-order valence-corrected chi connectivity index (χ1v) is 6.64. The van der Waals surface area contributed by atoms with Gasteiger partial charge in [-0.3, -0.25) is 0 Å². The molecular weight excluding hydrogens is 260 g/mol. The molecule has 20 heavy (non-hydrogen) atoms. The Morgan fingerprint density at radius 3 is 2.75 bits per heavy atom. The van der Waals surface area contributed by atoms with E-state index in [2.05, 4.69) is 16.7 Å². The number of carbonyl (C=O) groups excluding carboxylic acids is 1. The van der Waals surface area contributed by atoms with Gasteiger partial charge in [-0.05, 0) is 42.9 Å². The van der Waals surface area contributed by atoms with E-state index in [0.29, 0.717) is 0 Å². The molecule has 1 aliphatic rings. The average molecular weight is 278 g/mol. The zero-order chi connectivity index (χ0) is 14.5. The summed E-state index contributed by atoms with van der Waals surface area (Å²) in [6.45, 7) is -0.323. The number of hydrogen-bond acceptors (Lipinski definition) is 3. The molecule has 0 saturated heterocycles. The molecule has 0 fully saturated rings. The Balaban J connectivity index is 1.96. The van der Waals surface area contributed by atoms with Crippen molar-refractivity contribution in [3.05, 3.63) is 29.3 Å². The van der Waals surface area contributed by atoms with Gasteiger partial charge in [-0.1, -0.05) is 12.1 Å². The fraction of sp³-hybridized carbons (Fsp3) is 0.429. The molecule has 0 spiro atoms. The number of nitrogens with one attached hydrogen (secondary N) is 2. The zero-order valence-electron chi connectivity index (χ0n) is 11.1. The fourth-order valence-corrected chi connectivity index (χ4v) is 2.34. The predicted octanol–water partition coefficient (Wildman–Crippen LogP) is 1.13. The first kappa shape index (κ1) is 14.3. The Bertz CT molecular complexity index is 516. The van der Waals surface area contributed by atoms with Gasteiger partial charge in [0.2, 0.25) is 0 Å². The molecule has 2 rings (SSSR count). The number of urea groups is 1. The van der Waals surface area contributed by atoms with Crippen molar-refractivity contribution in [1.82, 2.24) is 5.32 Å². The van der Waals surface area contributed by atoms with Gasteiger partial charge in [0.1, 0.15) is 0 Å². The summed E-state index contributed by atoms with van der Waals surface area (Å²) < 4.78 is 0. The largest absolute Gasteiger partial charge is 0.479 e. The molecule has 4 N–H and O–H groups in total. The lowest BCUT2D eigenvalue weighted by atomic mass is 9.90. The van der Waals surface area contributed by atoms with Crippen LogP contribution in [0.2, 0.25) is 0 Å². The molecular formula is C14H18N2O4. The molecule has 1 aliphatic carbocycles. The van der Waals surface area contributed by atoms with E-state index < -0.39 is 18.1 Å². The smallest absolute Gasteiger partial charge is 0.334 e. The molecule has 6 heteroatoms. The van der Waals surface area contributed by atoms with E-state index in [0.717, 1.165) is 36.9 Å². The van der Waals surface area contributed by atoms with Crippen molar-refractivity contribution < 1.29 is 19.8 Å². The second-order valence-corrected chi connectivity index (χ2v) is 4.84. The normalized spacial score (nSPS) is 15.1. The maximum atomic E-state index is 11.7. The Labute approximate surface area is 116 Å². The van der Waals surface area contributed by atoms with Crippen molar-refractivity contribution in [3.63, 3.8) is 0 Å². The minimum absolute atomic E-state index is 0.323. The van der Waals surface area contributed by atoms with E-state index in [9.17, 15) is 9.59 Å². The van der Waals surface area contributed by atoms with E-state index >= 15 is 0 Å². The molecule has 2 amide bonds. The number of rotatable bonds is 4. The van der Waals surface area contributed by atoms with Crippen molar-refractivity contribution >= 4 is 17.7 Å². The summed E-state index contributed by atoms with van der Waals surface area (Å²) in [7, 11) is 0. The number of anilines is 1. The zero-order valence-corrected chi connectivity index (χ0v) is 11.1. The minimum Gasteiger partial charge on any atom is -0.479 e. The van der Waals surface area contributed by atoms with Crippen LogP contribution >= 0.6 is 0 Å². The van der Waals surface area contributed by atoms with E-state index in [-0.39, 0.29) is 6.54 Å². The lowest BCUT2D eigenvalue weighted by Gasteiger charge is -2.19. The molecule has 0 bridgehead atoms. The van der Waals surface area contributed by atoms with E-state index in [1.54, 1.807) is 0 Å². The third kappa shape index (κ3) is 3.48. The van der Waals surface area contributed by atoms with Crippen LogP contribution in [-0.4, -0.2) is 34.9 Å². The van der Waals surface area contributed by atoms with Gasteiger partial charge in [-0.2, -0.15) is 0 Å². The van der Waals surface area contributed by atoms with Gasteiger partial charge in [0.15, 0.2) is 6.10 Å². The van der Waals surface area contributed by atoms with Crippen LogP contribution < -0.4 is 10.6 Å². The molecule has 108 valence electrons. The van der Waals surface area contributed by atoms with Gasteiger partial charge < -0.3 is 20.8 Å². The van der Waals surface area contributed by atoms with Crippen LogP contribution in [-0.2, 0) is 17.6 Å². The fourth-order valence-electron chi connectivity index (χ4n) is 2.34. The number of amides is 2. The number of aliphatic hydroxyl groups is 1. The standard InChI is InChI=1S/C14H18N2O4/c17-12(13(18)19)8-15-14(20)16-11-7-3-5-9-4-1-2-6-10(9)11/h3,5,7,12,17H,1-2,4,6,8H2,(H,18,19)(H2,15,16,20)/t12-/m0/s1. The van der Waals surface area contributed by atoms with Gasteiger partial charge in [-0.15, -0.1) is 0 Å². The maximum absolute atomic E-state index is 11.7. The van der Waals surface area contributed by atoms with E-state index in [4.69, 9.17) is 10.2 Å². The molecule has 0 radical (unpaired) electrons. The molecule has 1 aromatic rings. The van der Waals surface area contributed by atoms with Crippen LogP contribution in [0.5, 0.6) is 0 Å². The van der Waals surface area contributed by atoms with Crippen molar-refractivity contribution in [3.8, 4) is 0 Å². The lowest BCUT2D eigenvalue weighted by Crippen LogP contribution is -2.38. The molecule has 6 nitrogen and oxygen atoms in total. The summed E-state index contributed by atoms with van der Waals surface area (Å²) >= 11 is 0. The van der Waals surface area contributed by atoms with Crippen molar-refractivity contribution in [1.29, 1.82) is 0 Å². The highest BCUT2D eigenvalue weighted by Crippen LogP contribution is 2.27. The highest BCUT2D eigenvalue weighted by Gasteiger charge is 2.16. The summed E-state index contributed by atoms with van der Waals surface area (Å²) in [6.07, 6.45) is 2.62. The van der Waals surface area contributed by atoms with Crippen LogP contribution in [0.15, 0.2) is 18.2 Å². The summed E-state index contributed by atoms with van der Waals surface area (Å²) in [5.41, 5.74) is 3.15. The first-order chi connectivity index (χ1) is 9.58. The van der Waals surface area contributed by atoms with E-state index in [1.807, 2.05) is 12.1 Å². The number of carboxylic acids is 1. The summed E-state index contributed by atoms with van der Waals surface area (Å²) in [4.78, 5) is 22.1. The van der Waals surface area contributed by atoms with Gasteiger partial charge in [0.05, 0.1) is 6.54 Å². The van der Waals surface area contributed by atoms with Gasteiger partial charge in [0, 0.05) is 5.69 Å². The van der Waals surface area contributed by atoms with Crippen molar-refractivity contribution in [2.45, 2.75) is 31.8 Å². The molecule has 0 unspecified atom stereocenters. The molecule has 1 aromatic carbocycles. The van der Waals surface area contributed by atoms with Gasteiger partial charge in [0.25, 0.3) is 0 Å². The second kappa shape index (κ2) is 6.38. The number of aliphatic hydroxyl groups excluding tert-OH is 1. The predicted molar refractivity (Wildman–Crippen MR) is 73.7 cm³/mol. The SMILES string of the molecule is O=C(NC[C@H](O)C(=O)O)Nc1cccc2c1CCCC2. The number of fused-ring (bicyclic) bond motifs is 1. The number of hydrogen-bond donors (Lipinski definition) is 4. The Hall–Kier alpha value is -2.08. The van der Waals surface area contributed by atoms with Crippen LogP contribution in [0.1, 0.15) is 24.0 Å². The Kier molecular flexibility index (Phi) is 4.57. The van der Waals surface area contributed by atoms with Gasteiger partial charge in [-0.25, -0.2) is 9.59 Å². The summed E-state index contributed by atoms with van der Waals surface area (Å²) in [5.74, 6) is -1.36. The Morgan fingerprint density at radius 1 is 1.25 bits per heavy atom. The highest BCUT2D eigenvalue weighted by atomic mass is 16.4.